The number of pyridine rings is 1. The van der Waals surface area contributed by atoms with E-state index in [1.807, 2.05) is 79.0 Å². The van der Waals surface area contributed by atoms with E-state index in [1.54, 1.807) is 7.11 Å². The molecule has 1 unspecified atom stereocenters. The Kier molecular flexibility index (Phi) is 9.89. The molecule has 0 radical (unpaired) electrons. The quantitative estimate of drug-likeness (QED) is 0.172. The zero-order valence-electron chi connectivity index (χ0n) is 26.6. The molecular weight excluding hydrogens is 615 g/mol. The minimum Gasteiger partial charge on any atom is -0.497 e. The minimum absolute atomic E-state index is 0.132. The molecule has 3 aromatic carbocycles. The number of ether oxygens (including phenoxy) is 1. The summed E-state index contributed by atoms with van der Waals surface area (Å²) in [6, 6.07) is 26.6. The van der Waals surface area contributed by atoms with Gasteiger partial charge in [-0.05, 0) is 84.4 Å². The zero-order valence-corrected chi connectivity index (χ0v) is 28.2. The molecule has 2 bridgehead atoms. The van der Waals surface area contributed by atoms with Gasteiger partial charge in [0.25, 0.3) is 0 Å². The van der Waals surface area contributed by atoms with E-state index in [9.17, 15) is 8.42 Å². The van der Waals surface area contributed by atoms with Gasteiger partial charge in [-0.15, -0.1) is 0 Å². The second kappa shape index (κ2) is 14.0. The van der Waals surface area contributed by atoms with E-state index < -0.39 is 22.1 Å². The van der Waals surface area contributed by atoms with Crippen LogP contribution in [0, 0.1) is 11.8 Å². The Bertz CT molecular complexity index is 1760. The van der Waals surface area contributed by atoms with Gasteiger partial charge in [-0.3, -0.25) is 9.88 Å². The van der Waals surface area contributed by atoms with Crippen LogP contribution in [-0.4, -0.2) is 55.9 Å². The van der Waals surface area contributed by atoms with Crippen LogP contribution < -0.4 is 20.1 Å². The van der Waals surface area contributed by atoms with E-state index in [4.69, 9.17) is 17.0 Å². The highest BCUT2D eigenvalue weighted by Gasteiger charge is 2.43. The van der Waals surface area contributed by atoms with Crippen LogP contribution in [-0.2, 0) is 10.0 Å². The Morgan fingerprint density at radius 1 is 1.00 bits per heavy atom. The van der Waals surface area contributed by atoms with Gasteiger partial charge in [0.15, 0.2) is 5.11 Å². The molecule has 3 aliphatic heterocycles. The fourth-order valence-electron chi connectivity index (χ4n) is 7.48. The number of piperidine rings is 3. The first-order valence-electron chi connectivity index (χ1n) is 16.0. The fraction of sp³-hybridized carbons (Fsp3) is 0.389. The molecule has 0 saturated carbocycles. The van der Waals surface area contributed by atoms with Gasteiger partial charge in [-0.25, -0.2) is 13.1 Å². The molecule has 46 heavy (non-hydrogen) atoms. The summed E-state index contributed by atoms with van der Waals surface area (Å²) < 4.78 is 33.9. The molecule has 4 aromatic rings. The van der Waals surface area contributed by atoms with Gasteiger partial charge in [-0.2, -0.15) is 0 Å². The van der Waals surface area contributed by atoms with Gasteiger partial charge in [0, 0.05) is 24.2 Å². The van der Waals surface area contributed by atoms with Gasteiger partial charge in [-0.1, -0.05) is 74.0 Å². The summed E-state index contributed by atoms with van der Waals surface area (Å²) in [6.07, 6.45) is 6.55. The smallest absolute Gasteiger partial charge is 0.209 e. The van der Waals surface area contributed by atoms with Crippen molar-refractivity contribution < 1.29 is 13.2 Å². The third-order valence-corrected chi connectivity index (χ3v) is 10.6. The van der Waals surface area contributed by atoms with Crippen LogP contribution in [0.3, 0.4) is 0 Å². The van der Waals surface area contributed by atoms with Crippen molar-refractivity contribution >= 4 is 38.3 Å². The van der Waals surface area contributed by atoms with Gasteiger partial charge >= 0.3 is 0 Å². The third kappa shape index (κ3) is 7.20. The number of thiocarbonyl (C=S) groups is 1. The van der Waals surface area contributed by atoms with Gasteiger partial charge < -0.3 is 15.4 Å². The summed E-state index contributed by atoms with van der Waals surface area (Å²) in [5.41, 5.74) is 3.76. The average Bonchev–Trinajstić information content (AvgIpc) is 3.08. The number of sulfonamides is 1. The lowest BCUT2D eigenvalue weighted by Gasteiger charge is -2.52. The Balaban J connectivity index is 1.38. The van der Waals surface area contributed by atoms with Crippen LogP contribution in [0.4, 0.5) is 0 Å². The topological polar surface area (TPSA) is 95.6 Å². The highest BCUT2D eigenvalue weighted by Crippen LogP contribution is 2.43. The highest BCUT2D eigenvalue weighted by atomic mass is 32.2. The van der Waals surface area contributed by atoms with E-state index in [1.165, 1.54) is 19.1 Å². The predicted molar refractivity (Wildman–Crippen MR) is 188 cm³/mol. The summed E-state index contributed by atoms with van der Waals surface area (Å²) in [5, 5.41) is 8.80. The van der Waals surface area contributed by atoms with Crippen LogP contribution in [0.1, 0.15) is 61.0 Å². The van der Waals surface area contributed by atoms with Crippen molar-refractivity contribution in [2.45, 2.75) is 50.4 Å². The molecule has 0 spiro atoms. The van der Waals surface area contributed by atoms with Gasteiger partial charge in [0.05, 0.1) is 37.0 Å². The molecule has 3 saturated heterocycles. The van der Waals surface area contributed by atoms with Crippen LogP contribution in [0.25, 0.3) is 10.9 Å². The minimum atomic E-state index is -3.57. The Labute approximate surface area is 278 Å². The molecule has 242 valence electrons. The number of nitrogens with one attached hydrogen (secondary N) is 3. The molecular formula is C36H43N5O3S2. The number of nitrogens with zero attached hydrogens (tertiary/aromatic N) is 2. The largest absolute Gasteiger partial charge is 0.497 e. The molecule has 3 fully saturated rings. The first-order valence-corrected chi connectivity index (χ1v) is 18.3. The maximum atomic E-state index is 12.7. The zero-order chi connectivity index (χ0) is 32.3. The summed E-state index contributed by atoms with van der Waals surface area (Å²) >= 11 is 6.13. The molecule has 7 atom stereocenters. The van der Waals surface area contributed by atoms with E-state index in [2.05, 4.69) is 44.3 Å². The third-order valence-electron chi connectivity index (χ3n) is 9.73. The maximum absolute atomic E-state index is 12.7. The monoisotopic (exact) mass is 657 g/mol. The van der Waals surface area contributed by atoms with Crippen LogP contribution in [0.2, 0.25) is 0 Å². The van der Waals surface area contributed by atoms with Crippen LogP contribution in [0.15, 0.2) is 91.1 Å². The van der Waals surface area contributed by atoms with Crippen molar-refractivity contribution in [2.75, 3.05) is 26.5 Å². The summed E-state index contributed by atoms with van der Waals surface area (Å²) in [4.78, 5) is 7.30. The van der Waals surface area contributed by atoms with Gasteiger partial charge in [0.1, 0.15) is 5.75 Å². The number of fused-ring (bicyclic) bond motifs is 4. The van der Waals surface area contributed by atoms with Crippen molar-refractivity contribution in [1.29, 1.82) is 0 Å². The number of aromatic nitrogens is 1. The van der Waals surface area contributed by atoms with E-state index in [-0.39, 0.29) is 12.1 Å². The summed E-state index contributed by atoms with van der Waals surface area (Å²) in [7, 11) is -1.89. The lowest BCUT2D eigenvalue weighted by Crippen LogP contribution is -2.58. The number of rotatable bonds is 11. The number of hydrogen-bond acceptors (Lipinski definition) is 6. The van der Waals surface area contributed by atoms with Crippen molar-refractivity contribution in [3.8, 4) is 5.75 Å². The number of benzene rings is 3. The molecule has 3 N–H and O–H groups in total. The van der Waals surface area contributed by atoms with E-state index >= 15 is 0 Å². The second-order valence-electron chi connectivity index (χ2n) is 12.6. The number of methoxy groups -OCH3 is 1. The summed E-state index contributed by atoms with van der Waals surface area (Å²) in [5.74, 6) is 2.16. The second-order valence-corrected chi connectivity index (χ2v) is 14.7. The molecule has 10 heteroatoms. The molecule has 0 amide bonds. The molecule has 1 aromatic heterocycles. The Morgan fingerprint density at radius 3 is 2.30 bits per heavy atom. The lowest BCUT2D eigenvalue weighted by atomic mass is 9.72. The van der Waals surface area contributed by atoms with Gasteiger partial charge in [0.2, 0.25) is 10.0 Å². The fourth-order valence-corrected chi connectivity index (χ4v) is 8.47. The highest BCUT2D eigenvalue weighted by molar-refractivity contribution is 7.88. The molecule has 8 nitrogen and oxygen atoms in total. The average molecular weight is 658 g/mol. The molecule has 0 aliphatic carbocycles. The normalized spacial score (nSPS) is 22.9. The first-order chi connectivity index (χ1) is 22.2. The Morgan fingerprint density at radius 2 is 1.70 bits per heavy atom. The summed E-state index contributed by atoms with van der Waals surface area (Å²) in [6.45, 7) is 4.45. The predicted octanol–water partition coefficient (Wildman–Crippen LogP) is 5.90. The SMILES string of the molecule is CC[C@H]1CN2CC[C@H]1C[C@H]2[C@@H](NC(=S)N[C@@H](c1ccccc1)[C@@H](NS(C)(=O)=O)c1ccccc1)c1ccnc2ccc(OC)cc12. The van der Waals surface area contributed by atoms with E-state index in [0.29, 0.717) is 16.9 Å². The van der Waals surface area contributed by atoms with Crippen molar-refractivity contribution in [1.82, 2.24) is 25.2 Å². The van der Waals surface area contributed by atoms with Crippen LogP contribution in [0.5, 0.6) is 5.75 Å². The van der Waals surface area contributed by atoms with E-state index in [0.717, 1.165) is 52.9 Å². The molecule has 4 heterocycles. The lowest BCUT2D eigenvalue weighted by molar-refractivity contribution is -0.0134. The van der Waals surface area contributed by atoms with Crippen molar-refractivity contribution in [3.05, 3.63) is 108 Å². The van der Waals surface area contributed by atoms with Crippen molar-refractivity contribution in [2.24, 2.45) is 11.8 Å². The van der Waals surface area contributed by atoms with Crippen LogP contribution >= 0.6 is 12.2 Å². The standard InChI is InChI=1S/C36H43N5O3S2/c1-4-24-23-41-20-18-27(24)21-32(41)35(29-17-19-37-31-16-15-28(44-2)22-30(29)31)39-36(45)38-33(25-11-7-5-8-12-25)34(40-46(3,42)43)26-13-9-6-10-14-26/h5-17,19,22,24,27,32-35,40H,4,18,20-21,23H2,1-3H3,(H2,38,39,45)/t24-,27-,32-,33-,34-,35-/m0/s1. The Hall–Kier alpha value is -3.57. The number of hydrogen-bond donors (Lipinski definition) is 3. The van der Waals surface area contributed by atoms with Crippen molar-refractivity contribution in [3.63, 3.8) is 0 Å². The molecule has 7 rings (SSSR count). The maximum Gasteiger partial charge on any atom is 0.209 e. The molecule has 3 aliphatic rings. The first kappa shape index (κ1) is 32.4.